The summed E-state index contributed by atoms with van der Waals surface area (Å²) in [6.45, 7) is 8.89. The number of guanidine groups is 1. The molecule has 0 radical (unpaired) electrons. The molecule has 3 rings (SSSR count). The summed E-state index contributed by atoms with van der Waals surface area (Å²) >= 11 is 1.89. The van der Waals surface area contributed by atoms with Gasteiger partial charge in [-0.15, -0.1) is 11.3 Å². The maximum Gasteiger partial charge on any atom is 0.191 e. The van der Waals surface area contributed by atoms with Crippen molar-refractivity contribution in [2.24, 2.45) is 4.99 Å². The fraction of sp³-hybridized carbons (Fsp3) is 0.474. The van der Waals surface area contributed by atoms with Crippen molar-refractivity contribution >= 4 is 17.3 Å². The van der Waals surface area contributed by atoms with E-state index in [1.165, 1.54) is 12.0 Å². The van der Waals surface area contributed by atoms with Crippen molar-refractivity contribution < 1.29 is 0 Å². The number of aromatic nitrogens is 1. The molecule has 1 atom stereocenters. The molecule has 2 aromatic heterocycles. The summed E-state index contributed by atoms with van der Waals surface area (Å²) in [6.07, 6.45) is 2.98. The first kappa shape index (κ1) is 17.9. The van der Waals surface area contributed by atoms with Crippen molar-refractivity contribution in [1.82, 2.24) is 20.5 Å². The Kier molecular flexibility index (Phi) is 6.42. The molecule has 25 heavy (non-hydrogen) atoms. The van der Waals surface area contributed by atoms with E-state index in [1.807, 2.05) is 35.7 Å². The lowest BCUT2D eigenvalue weighted by Crippen LogP contribution is -2.47. The highest BCUT2D eigenvalue weighted by atomic mass is 32.1. The fourth-order valence-electron chi connectivity index (χ4n) is 3.01. The van der Waals surface area contributed by atoms with Crippen LogP contribution < -0.4 is 10.6 Å². The molecule has 0 spiro atoms. The van der Waals surface area contributed by atoms with Crippen LogP contribution >= 0.6 is 11.3 Å². The van der Waals surface area contributed by atoms with Gasteiger partial charge in [-0.25, -0.2) is 4.99 Å². The van der Waals surface area contributed by atoms with Gasteiger partial charge in [-0.05, 0) is 49.4 Å². The zero-order chi connectivity index (χ0) is 17.5. The summed E-state index contributed by atoms with van der Waals surface area (Å²) < 4.78 is 0. The molecule has 1 aliphatic rings. The molecule has 2 N–H and O–H groups in total. The van der Waals surface area contributed by atoms with Gasteiger partial charge in [-0.3, -0.25) is 9.88 Å². The Labute approximate surface area is 154 Å². The van der Waals surface area contributed by atoms with Crippen LogP contribution in [0.4, 0.5) is 0 Å². The number of nitrogens with one attached hydrogen (secondary N) is 2. The molecular formula is C19H27N5S. The second-order valence-corrected chi connectivity index (χ2v) is 7.34. The van der Waals surface area contributed by atoms with Crippen molar-refractivity contribution in [2.75, 3.05) is 19.6 Å². The molecule has 0 aromatic carbocycles. The van der Waals surface area contributed by atoms with Crippen molar-refractivity contribution in [3.63, 3.8) is 0 Å². The molecule has 134 valence electrons. The van der Waals surface area contributed by atoms with Gasteiger partial charge in [0.1, 0.15) is 0 Å². The van der Waals surface area contributed by atoms with Gasteiger partial charge < -0.3 is 10.6 Å². The van der Waals surface area contributed by atoms with Crippen LogP contribution in [-0.4, -0.2) is 41.5 Å². The Morgan fingerprint density at radius 2 is 2.28 bits per heavy atom. The van der Waals surface area contributed by atoms with Crippen molar-refractivity contribution in [1.29, 1.82) is 0 Å². The third-order valence-corrected chi connectivity index (χ3v) is 5.52. The number of pyridine rings is 1. The Balaban J connectivity index is 1.52. The van der Waals surface area contributed by atoms with Crippen LogP contribution in [0.5, 0.6) is 0 Å². The van der Waals surface area contributed by atoms with E-state index in [2.05, 4.69) is 50.8 Å². The quantitative estimate of drug-likeness (QED) is 0.616. The monoisotopic (exact) mass is 357 g/mol. The molecule has 2 aromatic rings. The molecule has 0 saturated carbocycles. The fourth-order valence-corrected chi connectivity index (χ4v) is 3.90. The Bertz CT molecular complexity index is 682. The maximum atomic E-state index is 4.64. The predicted molar refractivity (Wildman–Crippen MR) is 105 cm³/mol. The van der Waals surface area contributed by atoms with E-state index in [-0.39, 0.29) is 0 Å². The van der Waals surface area contributed by atoms with Gasteiger partial charge >= 0.3 is 0 Å². The Hall–Kier alpha value is -1.92. The van der Waals surface area contributed by atoms with Crippen molar-refractivity contribution in [3.8, 4) is 0 Å². The first-order valence-electron chi connectivity index (χ1n) is 8.97. The molecule has 0 aliphatic carbocycles. The molecule has 0 fully saturated rings. The van der Waals surface area contributed by atoms with E-state index in [9.17, 15) is 0 Å². The highest BCUT2D eigenvalue weighted by Gasteiger charge is 2.21. The Morgan fingerprint density at radius 3 is 3.08 bits per heavy atom. The molecule has 0 amide bonds. The number of hydrogen-bond acceptors (Lipinski definition) is 4. The minimum absolute atomic E-state index is 0.465. The average molecular weight is 358 g/mol. The molecular weight excluding hydrogens is 330 g/mol. The highest BCUT2D eigenvalue weighted by molar-refractivity contribution is 7.10. The minimum Gasteiger partial charge on any atom is -0.357 e. The van der Waals surface area contributed by atoms with E-state index in [4.69, 9.17) is 0 Å². The van der Waals surface area contributed by atoms with Gasteiger partial charge in [-0.1, -0.05) is 6.07 Å². The van der Waals surface area contributed by atoms with Crippen LogP contribution in [0.1, 0.15) is 30.0 Å². The lowest BCUT2D eigenvalue weighted by Gasteiger charge is -2.32. The van der Waals surface area contributed by atoms with E-state index in [0.717, 1.165) is 37.8 Å². The SMILES string of the molecule is CCNC(=NCc1ccccn1)NCC(C)N1CCc2sccc2C1. The zero-order valence-electron chi connectivity index (χ0n) is 15.0. The average Bonchev–Trinajstić information content (AvgIpc) is 3.12. The largest absolute Gasteiger partial charge is 0.357 e. The summed E-state index contributed by atoms with van der Waals surface area (Å²) in [5, 5.41) is 9.01. The summed E-state index contributed by atoms with van der Waals surface area (Å²) in [7, 11) is 0. The van der Waals surface area contributed by atoms with Gasteiger partial charge in [0, 0.05) is 43.3 Å². The molecule has 0 bridgehead atoms. The normalized spacial score (nSPS) is 16.3. The van der Waals surface area contributed by atoms with Gasteiger partial charge in [0.05, 0.1) is 12.2 Å². The first-order chi connectivity index (χ1) is 12.3. The van der Waals surface area contributed by atoms with Gasteiger partial charge in [0.2, 0.25) is 0 Å². The number of nitrogens with zero attached hydrogens (tertiary/aromatic N) is 3. The predicted octanol–water partition coefficient (Wildman–Crippen LogP) is 2.65. The highest BCUT2D eigenvalue weighted by Crippen LogP contribution is 2.24. The lowest BCUT2D eigenvalue weighted by atomic mass is 10.1. The van der Waals surface area contributed by atoms with Crippen LogP contribution in [0.15, 0.2) is 40.8 Å². The summed E-state index contributed by atoms with van der Waals surface area (Å²) in [5.74, 6) is 0.855. The van der Waals surface area contributed by atoms with Crippen LogP contribution in [0, 0.1) is 0 Å². The van der Waals surface area contributed by atoms with Crippen LogP contribution in [0.3, 0.4) is 0 Å². The van der Waals surface area contributed by atoms with Gasteiger partial charge in [0.25, 0.3) is 0 Å². The smallest absolute Gasteiger partial charge is 0.191 e. The summed E-state index contributed by atoms with van der Waals surface area (Å²) in [5.41, 5.74) is 2.48. The second-order valence-electron chi connectivity index (χ2n) is 6.34. The third-order valence-electron chi connectivity index (χ3n) is 4.49. The molecule has 0 saturated heterocycles. The second kappa shape index (κ2) is 8.97. The molecule has 6 heteroatoms. The number of aliphatic imine (C=N–C) groups is 1. The standard InChI is InChI=1S/C19H27N5S/c1-3-20-19(23-13-17-6-4-5-9-21-17)22-12-15(2)24-10-7-18-16(14-24)8-11-25-18/h4-6,8-9,11,15H,3,7,10,12-14H2,1-2H3,(H2,20,22,23). The van der Waals surface area contributed by atoms with E-state index < -0.39 is 0 Å². The van der Waals surface area contributed by atoms with Crippen LogP contribution in [0.2, 0.25) is 0 Å². The van der Waals surface area contributed by atoms with E-state index in [0.29, 0.717) is 12.6 Å². The number of fused-ring (bicyclic) bond motifs is 1. The zero-order valence-corrected chi connectivity index (χ0v) is 15.9. The van der Waals surface area contributed by atoms with E-state index in [1.54, 1.807) is 4.88 Å². The van der Waals surface area contributed by atoms with Crippen LogP contribution in [-0.2, 0) is 19.5 Å². The Morgan fingerprint density at radius 1 is 1.36 bits per heavy atom. The minimum atomic E-state index is 0.465. The van der Waals surface area contributed by atoms with Crippen molar-refractivity contribution in [2.45, 2.75) is 39.4 Å². The molecule has 3 heterocycles. The third kappa shape index (κ3) is 5.03. The van der Waals surface area contributed by atoms with Crippen LogP contribution in [0.25, 0.3) is 0 Å². The molecule has 1 unspecified atom stereocenters. The number of thiophene rings is 1. The first-order valence-corrected chi connectivity index (χ1v) is 9.85. The topological polar surface area (TPSA) is 52.6 Å². The lowest BCUT2D eigenvalue weighted by molar-refractivity contribution is 0.192. The van der Waals surface area contributed by atoms with Gasteiger partial charge in [-0.2, -0.15) is 0 Å². The summed E-state index contributed by atoms with van der Waals surface area (Å²) in [4.78, 5) is 13.1. The van der Waals surface area contributed by atoms with Crippen molar-refractivity contribution in [3.05, 3.63) is 52.0 Å². The van der Waals surface area contributed by atoms with Gasteiger partial charge in [0.15, 0.2) is 5.96 Å². The number of hydrogen-bond donors (Lipinski definition) is 2. The summed E-state index contributed by atoms with van der Waals surface area (Å²) in [6, 6.07) is 8.66. The molecule has 5 nitrogen and oxygen atoms in total. The maximum absolute atomic E-state index is 4.64. The molecule has 1 aliphatic heterocycles. The number of rotatable bonds is 6. The van der Waals surface area contributed by atoms with E-state index >= 15 is 0 Å².